The van der Waals surface area contributed by atoms with Crippen molar-refractivity contribution in [3.63, 3.8) is 0 Å². The van der Waals surface area contributed by atoms with Crippen LogP contribution in [0.25, 0.3) is 98.7 Å². The zero-order valence-electron chi connectivity index (χ0n) is 40.5. The summed E-state index contributed by atoms with van der Waals surface area (Å²) >= 11 is 0. The zero-order valence-corrected chi connectivity index (χ0v) is 40.5. The number of ether oxygens (including phenoxy) is 2. The Bertz CT molecular complexity index is 4190. The molecule has 0 fully saturated rings. The SMILES string of the molecule is Cc1c(-c2ccccc2)c(Oc2ccc3cc(-c4ccccc4)ccc3c2-c2c(Oc3c(-c4ccccc4)cc(C(=O)O)c4ccccc34)ccc3cc(-c4ccccc4)ccc23)c2c(C)cccc2c1C(=O)O. The maximum absolute atomic E-state index is 13.3. The fourth-order valence-electron chi connectivity index (χ4n) is 10.7. The number of fused-ring (bicyclic) bond motifs is 4. The van der Waals surface area contributed by atoms with Gasteiger partial charge in [0.1, 0.15) is 23.0 Å². The van der Waals surface area contributed by atoms with Gasteiger partial charge >= 0.3 is 11.9 Å². The molecule has 6 heteroatoms. The lowest BCUT2D eigenvalue weighted by molar-refractivity contribution is 0.0687. The Morgan fingerprint density at radius 2 is 0.838 bits per heavy atom. The first kappa shape index (κ1) is 45.4. The number of carbonyl (C=O) groups is 2. The quantitative estimate of drug-likeness (QED) is 0.134. The number of benzene rings is 12. The highest BCUT2D eigenvalue weighted by atomic mass is 16.5. The lowest BCUT2D eigenvalue weighted by Crippen LogP contribution is -2.06. The molecule has 0 aliphatic carbocycles. The number of rotatable bonds is 11. The number of carboxylic acids is 2. The largest absolute Gasteiger partial charge is 0.478 e. The predicted molar refractivity (Wildman–Crippen MR) is 300 cm³/mol. The van der Waals surface area contributed by atoms with Crippen molar-refractivity contribution < 1.29 is 29.3 Å². The van der Waals surface area contributed by atoms with Gasteiger partial charge in [0.2, 0.25) is 0 Å². The van der Waals surface area contributed by atoms with E-state index < -0.39 is 11.9 Å². The van der Waals surface area contributed by atoms with E-state index in [1.807, 2.05) is 166 Å². The molecule has 0 amide bonds. The van der Waals surface area contributed by atoms with Gasteiger partial charge in [0.05, 0.1) is 11.1 Å². The second-order valence-corrected chi connectivity index (χ2v) is 18.6. The van der Waals surface area contributed by atoms with Crippen molar-refractivity contribution in [1.29, 1.82) is 0 Å². The Morgan fingerprint density at radius 1 is 0.365 bits per heavy atom. The molecular weight excluding hydrogens is 913 g/mol. The van der Waals surface area contributed by atoms with Crippen LogP contribution < -0.4 is 9.47 Å². The number of hydrogen-bond acceptors (Lipinski definition) is 4. The number of aromatic carboxylic acids is 2. The van der Waals surface area contributed by atoms with Crippen molar-refractivity contribution in [3.8, 4) is 78.6 Å². The van der Waals surface area contributed by atoms with E-state index in [1.54, 1.807) is 6.07 Å². The van der Waals surface area contributed by atoms with Crippen LogP contribution in [0.3, 0.4) is 0 Å². The first-order valence-corrected chi connectivity index (χ1v) is 24.5. The second-order valence-electron chi connectivity index (χ2n) is 18.6. The fraction of sp³-hybridized carbons (Fsp3) is 0.0294. The molecule has 74 heavy (non-hydrogen) atoms. The third-order valence-electron chi connectivity index (χ3n) is 14.2. The van der Waals surface area contributed by atoms with Crippen molar-refractivity contribution in [2.24, 2.45) is 0 Å². The van der Waals surface area contributed by atoms with Crippen molar-refractivity contribution >= 4 is 55.0 Å². The summed E-state index contributed by atoms with van der Waals surface area (Å²) in [4.78, 5) is 26.3. The molecular formula is C68H46O6. The minimum Gasteiger partial charge on any atom is -0.478 e. The van der Waals surface area contributed by atoms with Gasteiger partial charge in [-0.2, -0.15) is 0 Å². The van der Waals surface area contributed by atoms with Crippen LogP contribution in [0.5, 0.6) is 23.0 Å². The minimum absolute atomic E-state index is 0.166. The van der Waals surface area contributed by atoms with E-state index in [0.717, 1.165) is 71.6 Å². The molecule has 12 aromatic carbocycles. The number of hydrogen-bond donors (Lipinski definition) is 2. The summed E-state index contributed by atoms with van der Waals surface area (Å²) in [7, 11) is 0. The first-order chi connectivity index (χ1) is 36.2. The highest BCUT2D eigenvalue weighted by molar-refractivity contribution is 6.15. The van der Waals surface area contributed by atoms with Crippen LogP contribution in [0.1, 0.15) is 31.8 Å². The van der Waals surface area contributed by atoms with E-state index in [0.29, 0.717) is 61.2 Å². The molecule has 0 saturated heterocycles. The Balaban J connectivity index is 1.20. The fourth-order valence-corrected chi connectivity index (χ4v) is 10.7. The Labute approximate surface area is 427 Å². The molecule has 0 atom stereocenters. The maximum Gasteiger partial charge on any atom is 0.336 e. The predicted octanol–water partition coefficient (Wildman–Crippen LogP) is 18.2. The lowest BCUT2D eigenvalue weighted by atomic mass is 9.88. The van der Waals surface area contributed by atoms with Crippen molar-refractivity contribution in [2.75, 3.05) is 0 Å². The van der Waals surface area contributed by atoms with E-state index in [-0.39, 0.29) is 11.1 Å². The number of aryl methyl sites for hydroxylation is 1. The molecule has 6 nitrogen and oxygen atoms in total. The van der Waals surface area contributed by atoms with E-state index in [4.69, 9.17) is 9.47 Å². The van der Waals surface area contributed by atoms with Crippen LogP contribution in [0.15, 0.2) is 231 Å². The molecule has 0 unspecified atom stereocenters. The van der Waals surface area contributed by atoms with E-state index in [1.165, 1.54) is 0 Å². The molecule has 354 valence electrons. The van der Waals surface area contributed by atoms with Gasteiger partial charge in [-0.25, -0.2) is 9.59 Å². The molecule has 2 N–H and O–H groups in total. The van der Waals surface area contributed by atoms with Crippen LogP contribution >= 0.6 is 0 Å². The second kappa shape index (κ2) is 18.8. The summed E-state index contributed by atoms with van der Waals surface area (Å²) < 4.78 is 15.1. The van der Waals surface area contributed by atoms with Gasteiger partial charge in [-0.05, 0) is 116 Å². The Hall–Kier alpha value is -9.78. The molecule has 12 rings (SSSR count). The average Bonchev–Trinajstić information content (AvgIpc) is 3.45. The summed E-state index contributed by atoms with van der Waals surface area (Å²) in [6.07, 6.45) is 0. The van der Waals surface area contributed by atoms with Crippen molar-refractivity contribution in [1.82, 2.24) is 0 Å². The zero-order chi connectivity index (χ0) is 50.5. The van der Waals surface area contributed by atoms with Crippen LogP contribution in [0, 0.1) is 13.8 Å². The van der Waals surface area contributed by atoms with Gasteiger partial charge in [-0.3, -0.25) is 0 Å². The Kier molecular flexibility index (Phi) is 11.5. The molecule has 0 aromatic heterocycles. The van der Waals surface area contributed by atoms with Gasteiger partial charge in [0.15, 0.2) is 0 Å². The summed E-state index contributed by atoms with van der Waals surface area (Å²) in [5.41, 5.74) is 10.5. The summed E-state index contributed by atoms with van der Waals surface area (Å²) in [6, 6.07) is 76.2. The van der Waals surface area contributed by atoms with Crippen LogP contribution in [0.4, 0.5) is 0 Å². The molecule has 0 saturated carbocycles. The highest BCUT2D eigenvalue weighted by Gasteiger charge is 2.28. The molecule has 0 spiro atoms. The van der Waals surface area contributed by atoms with Gasteiger partial charge in [0.25, 0.3) is 0 Å². The third-order valence-corrected chi connectivity index (χ3v) is 14.2. The lowest BCUT2D eigenvalue weighted by Gasteiger charge is -2.24. The van der Waals surface area contributed by atoms with E-state index >= 15 is 0 Å². The van der Waals surface area contributed by atoms with Crippen LogP contribution in [-0.2, 0) is 0 Å². The summed E-state index contributed by atoms with van der Waals surface area (Å²) in [5, 5.41) is 27.7. The van der Waals surface area contributed by atoms with Crippen molar-refractivity contribution in [3.05, 3.63) is 253 Å². The van der Waals surface area contributed by atoms with Gasteiger partial charge < -0.3 is 19.7 Å². The molecule has 0 radical (unpaired) electrons. The van der Waals surface area contributed by atoms with Gasteiger partial charge in [0, 0.05) is 38.4 Å². The van der Waals surface area contributed by atoms with Gasteiger partial charge in [-0.15, -0.1) is 0 Å². The molecule has 0 aliphatic heterocycles. The molecule has 12 aromatic rings. The third kappa shape index (κ3) is 7.95. The summed E-state index contributed by atoms with van der Waals surface area (Å²) in [6.45, 7) is 3.85. The minimum atomic E-state index is -1.04. The highest BCUT2D eigenvalue weighted by Crippen LogP contribution is 2.53. The normalized spacial score (nSPS) is 11.3. The molecule has 0 aliphatic rings. The van der Waals surface area contributed by atoms with E-state index in [9.17, 15) is 19.8 Å². The maximum atomic E-state index is 13.3. The first-order valence-electron chi connectivity index (χ1n) is 24.5. The monoisotopic (exact) mass is 958 g/mol. The van der Waals surface area contributed by atoms with E-state index in [2.05, 4.69) is 72.8 Å². The standard InChI is InChI=1S/C68H46O6/c1-41-18-17-29-55-60(41)66(61(42(2)62(55)68(71)72)46-25-13-6-14-26-46)74-59-37-33-50-39-48(44-21-9-4-10-22-44)31-35-52(50)64(59)63-51-34-30-47(43-19-7-3-8-20-43)38-49(51)32-36-58(63)73-65-54-28-16-15-27-53(54)57(67(69)70)40-56(65)45-23-11-5-12-24-45/h3-40H,1-2H3,(H,69,70)(H,71,72). The molecule has 0 heterocycles. The topological polar surface area (TPSA) is 93.1 Å². The summed E-state index contributed by atoms with van der Waals surface area (Å²) in [5.74, 6) is 0.00899. The van der Waals surface area contributed by atoms with Crippen molar-refractivity contribution in [2.45, 2.75) is 13.8 Å². The molecule has 0 bridgehead atoms. The van der Waals surface area contributed by atoms with Crippen LogP contribution in [0.2, 0.25) is 0 Å². The van der Waals surface area contributed by atoms with Gasteiger partial charge in [-0.1, -0.05) is 200 Å². The van der Waals surface area contributed by atoms with Crippen LogP contribution in [-0.4, -0.2) is 22.2 Å². The number of carboxylic acid groups (broad SMARTS) is 2. The Morgan fingerprint density at radius 3 is 1.36 bits per heavy atom. The average molecular weight is 959 g/mol. The smallest absolute Gasteiger partial charge is 0.336 e.